The van der Waals surface area contributed by atoms with Crippen LogP contribution in [0.4, 0.5) is 9.59 Å². The molecule has 0 saturated heterocycles. The Labute approximate surface area is 293 Å². The van der Waals surface area contributed by atoms with E-state index in [4.69, 9.17) is 14.4 Å². The van der Waals surface area contributed by atoms with Crippen molar-refractivity contribution in [1.82, 2.24) is 24.3 Å². The number of carbonyl (C=O) groups is 3. The van der Waals surface area contributed by atoms with Gasteiger partial charge in [0.2, 0.25) is 0 Å². The van der Waals surface area contributed by atoms with E-state index in [2.05, 4.69) is 27.5 Å². The van der Waals surface area contributed by atoms with Crippen LogP contribution in [0, 0.1) is 0 Å². The van der Waals surface area contributed by atoms with Gasteiger partial charge in [-0.3, -0.25) is 9.68 Å². The number of nitrogens with zero attached hydrogens (tertiary/aromatic N) is 5. The van der Waals surface area contributed by atoms with Gasteiger partial charge in [-0.15, -0.1) is 0 Å². The first-order valence-electron chi connectivity index (χ1n) is 17.8. The molecule has 0 unspecified atom stereocenters. The molecular weight excluding hydrogens is 650 g/mol. The summed E-state index contributed by atoms with van der Waals surface area (Å²) in [6.07, 6.45) is 9.23. The fourth-order valence-corrected chi connectivity index (χ4v) is 4.52. The Morgan fingerprint density at radius 1 is 0.620 bits per heavy atom. The molecule has 282 valence electrons. The van der Waals surface area contributed by atoms with Crippen LogP contribution in [0.5, 0.6) is 0 Å². The fourth-order valence-electron chi connectivity index (χ4n) is 4.52. The Hall–Kier alpha value is -4.50. The molecule has 16 nitrogen and oxygen atoms in total. The zero-order chi connectivity index (χ0) is 37.1. The first-order chi connectivity index (χ1) is 24.0. The Balaban J connectivity index is 2.75. The van der Waals surface area contributed by atoms with Crippen molar-refractivity contribution in [2.24, 2.45) is 10.3 Å². The minimum Gasteiger partial charge on any atom is -0.463 e. The summed E-state index contributed by atoms with van der Waals surface area (Å²) in [5.74, 6) is -0.478. The number of esters is 1. The Morgan fingerprint density at radius 2 is 0.980 bits per heavy atom. The van der Waals surface area contributed by atoms with Crippen LogP contribution < -0.4 is 27.7 Å². The molecule has 1 rings (SSSR count). The van der Waals surface area contributed by atoms with Crippen LogP contribution in [0.2, 0.25) is 0 Å². The first-order valence-corrected chi connectivity index (χ1v) is 17.8. The lowest BCUT2D eigenvalue weighted by Crippen LogP contribution is -2.54. The lowest BCUT2D eigenvalue weighted by molar-refractivity contribution is -0.137. The van der Waals surface area contributed by atoms with Crippen LogP contribution in [0.15, 0.2) is 37.3 Å². The second kappa shape index (κ2) is 26.4. The zero-order valence-electron chi connectivity index (χ0n) is 30.3. The highest BCUT2D eigenvalue weighted by molar-refractivity contribution is 5.82. The van der Waals surface area contributed by atoms with Crippen molar-refractivity contribution >= 4 is 29.6 Å². The van der Waals surface area contributed by atoms with Crippen molar-refractivity contribution in [1.29, 1.82) is 0 Å². The van der Waals surface area contributed by atoms with Crippen molar-refractivity contribution < 1.29 is 28.8 Å². The van der Waals surface area contributed by atoms with E-state index in [1.807, 2.05) is 13.8 Å². The lowest BCUT2D eigenvalue weighted by atomic mass is 10.2. The first kappa shape index (κ1) is 43.5. The molecule has 0 aromatic carbocycles. The average Bonchev–Trinajstić information content (AvgIpc) is 3.11. The van der Waals surface area contributed by atoms with E-state index in [0.29, 0.717) is 95.1 Å². The van der Waals surface area contributed by atoms with E-state index < -0.39 is 35.2 Å². The number of unbranched alkanes of at least 4 members (excludes halogenated alkanes) is 9. The van der Waals surface area contributed by atoms with Crippen LogP contribution in [0.25, 0.3) is 0 Å². The number of ether oxygens (including phenoxy) is 1. The second-order valence-electron chi connectivity index (χ2n) is 11.9. The summed E-state index contributed by atoms with van der Waals surface area (Å²) in [6.45, 7) is 12.3. The molecule has 0 aliphatic rings. The van der Waals surface area contributed by atoms with Gasteiger partial charge in [-0.2, -0.15) is 0 Å². The third-order valence-corrected chi connectivity index (χ3v) is 7.82. The normalized spacial score (nSPS) is 11.6. The van der Waals surface area contributed by atoms with Crippen LogP contribution in [-0.4, -0.2) is 63.0 Å². The highest BCUT2D eigenvalue weighted by Crippen LogP contribution is 2.04. The summed E-state index contributed by atoms with van der Waals surface area (Å²) in [5, 5.41) is 12.7. The fraction of sp³-hybridized carbons (Fsp3) is 0.706. The van der Waals surface area contributed by atoms with Crippen molar-refractivity contribution in [2.45, 2.75) is 137 Å². The number of nitrogens with one attached hydrogen (secondary N) is 2. The Morgan fingerprint density at radius 3 is 1.34 bits per heavy atom. The second-order valence-corrected chi connectivity index (χ2v) is 11.9. The van der Waals surface area contributed by atoms with E-state index in [-0.39, 0.29) is 26.2 Å². The molecule has 0 aliphatic carbocycles. The average molecular weight is 708 g/mol. The monoisotopic (exact) mass is 707 g/mol. The number of rotatable bonds is 26. The largest absolute Gasteiger partial charge is 0.463 e. The van der Waals surface area contributed by atoms with E-state index in [1.165, 1.54) is 0 Å². The highest BCUT2D eigenvalue weighted by Gasteiger charge is 2.15. The maximum Gasteiger partial charge on any atom is 0.433 e. The van der Waals surface area contributed by atoms with Gasteiger partial charge in [0.05, 0.1) is 18.0 Å². The van der Waals surface area contributed by atoms with Crippen molar-refractivity contribution in [3.8, 4) is 0 Å². The van der Waals surface area contributed by atoms with Gasteiger partial charge in [0.1, 0.15) is 0 Å². The molecule has 50 heavy (non-hydrogen) atoms. The van der Waals surface area contributed by atoms with Gasteiger partial charge in [0.15, 0.2) is 0 Å². The van der Waals surface area contributed by atoms with Crippen LogP contribution >= 0.6 is 0 Å². The summed E-state index contributed by atoms with van der Waals surface area (Å²) in [7, 11) is 0. The highest BCUT2D eigenvalue weighted by atomic mass is 16.7. The minimum atomic E-state index is -0.625. The molecule has 0 atom stereocenters. The maximum atomic E-state index is 13.4. The lowest BCUT2D eigenvalue weighted by Gasteiger charge is -2.14. The number of hydrogen-bond acceptors (Lipinski definition) is 11. The van der Waals surface area contributed by atoms with E-state index in [1.54, 1.807) is 13.8 Å². The quantitative estimate of drug-likeness (QED) is 0.0345. The summed E-state index contributed by atoms with van der Waals surface area (Å²) < 4.78 is 8.39. The molecule has 1 aromatic rings. The minimum absolute atomic E-state index is 0.163. The molecule has 0 saturated carbocycles. The number of hydrogen-bond donors (Lipinski definition) is 2. The van der Waals surface area contributed by atoms with E-state index >= 15 is 0 Å². The van der Waals surface area contributed by atoms with Crippen LogP contribution in [0.1, 0.15) is 118 Å². The summed E-state index contributed by atoms with van der Waals surface area (Å²) in [6, 6.07) is 0. The zero-order valence-corrected chi connectivity index (χ0v) is 30.3. The SMILES string of the molecule is C=CC(=O)OCCCCCCn1c(=O)n(CCCCCCNC(=O)O/N=C(\C)CC)c(=O)n(CCCCCCNC(=O)O/N=C(\C)CC)c1=O. The van der Waals surface area contributed by atoms with Gasteiger partial charge in [-0.1, -0.05) is 62.8 Å². The van der Waals surface area contributed by atoms with Crippen molar-refractivity contribution in [3.05, 3.63) is 44.1 Å². The molecule has 0 spiro atoms. The summed E-state index contributed by atoms with van der Waals surface area (Å²) in [5.41, 5.74) is -0.455. The summed E-state index contributed by atoms with van der Waals surface area (Å²) in [4.78, 5) is 84.2. The van der Waals surface area contributed by atoms with E-state index in [0.717, 1.165) is 39.0 Å². The summed E-state index contributed by atoms with van der Waals surface area (Å²) >= 11 is 0. The molecule has 1 aromatic heterocycles. The smallest absolute Gasteiger partial charge is 0.433 e. The molecule has 0 radical (unpaired) electrons. The van der Waals surface area contributed by atoms with Gasteiger partial charge in [0.25, 0.3) is 0 Å². The predicted octanol–water partition coefficient (Wildman–Crippen LogP) is 4.61. The molecule has 16 heteroatoms. The maximum absolute atomic E-state index is 13.4. The Bertz CT molecular complexity index is 1360. The number of oxime groups is 2. The molecule has 0 fully saturated rings. The molecule has 1 heterocycles. The topological polar surface area (TPSA) is 194 Å². The molecule has 0 aliphatic heterocycles. The van der Waals surface area contributed by atoms with E-state index in [9.17, 15) is 28.8 Å². The number of amides is 2. The molecule has 2 N–H and O–H groups in total. The van der Waals surface area contributed by atoms with Gasteiger partial charge in [-0.25, -0.2) is 42.5 Å². The third-order valence-electron chi connectivity index (χ3n) is 7.82. The third kappa shape index (κ3) is 18.3. The molecule has 0 bridgehead atoms. The van der Waals surface area contributed by atoms with Gasteiger partial charge < -0.3 is 15.4 Å². The van der Waals surface area contributed by atoms with Crippen LogP contribution in [-0.2, 0) is 38.8 Å². The van der Waals surface area contributed by atoms with Crippen molar-refractivity contribution in [3.63, 3.8) is 0 Å². The predicted molar refractivity (Wildman–Crippen MR) is 192 cm³/mol. The molecule has 2 amide bonds. The standard InChI is InChI=1S/C34H57N7O9/c1-6-27(4)37-49-30(43)35-21-15-9-11-17-23-39-32(45)40(24-18-12-10-16-22-36-31(44)50-38-28(5)7-2)34(47)41(33(39)46)25-19-13-14-20-26-48-29(42)8-3/h8H,3,6-7,9-26H2,1-2,4-5H3,(H,35,43)(H,36,44)/b37-27+,38-28+. The van der Waals surface area contributed by atoms with Crippen molar-refractivity contribution in [2.75, 3.05) is 19.7 Å². The Kier molecular flexibility index (Phi) is 23.0. The number of aromatic nitrogens is 3. The van der Waals surface area contributed by atoms with Crippen LogP contribution in [0.3, 0.4) is 0 Å². The van der Waals surface area contributed by atoms with Gasteiger partial charge >= 0.3 is 35.2 Å². The number of carbonyl (C=O) groups excluding carboxylic acids is 3. The molecular formula is C34H57N7O9. The van der Waals surface area contributed by atoms with Gasteiger partial charge in [0, 0.05) is 38.8 Å². The van der Waals surface area contributed by atoms with Gasteiger partial charge in [-0.05, 0) is 71.6 Å².